The second-order valence-corrected chi connectivity index (χ2v) is 6.50. The van der Waals surface area contributed by atoms with Gasteiger partial charge < -0.3 is 15.8 Å². The number of carbonyl (C=O) groups is 1. The van der Waals surface area contributed by atoms with Crippen LogP contribution in [-0.2, 0) is 4.79 Å². The fraction of sp³-hybridized carbons (Fsp3) is 0.588. The van der Waals surface area contributed by atoms with Gasteiger partial charge in [0.2, 0.25) is 5.91 Å². The summed E-state index contributed by atoms with van der Waals surface area (Å²) in [6, 6.07) is 7.60. The number of nitrogens with one attached hydrogen (secondary N) is 1. The summed E-state index contributed by atoms with van der Waals surface area (Å²) in [6.45, 7) is 8.41. The number of methoxy groups -OCH3 is 1. The molecule has 0 atom stereocenters. The number of nitrogens with two attached hydrogens (primary N) is 1. The van der Waals surface area contributed by atoms with Crippen LogP contribution >= 0.6 is 0 Å². The minimum atomic E-state index is -0.727. The Morgan fingerprint density at radius 3 is 2.24 bits per heavy atom. The van der Waals surface area contributed by atoms with Crippen molar-refractivity contribution in [2.75, 3.05) is 12.4 Å². The number of primary amides is 1. The van der Waals surface area contributed by atoms with E-state index in [0.29, 0.717) is 24.7 Å². The molecule has 0 aliphatic heterocycles. The number of rotatable bonds is 8. The number of carbonyl (C=O) groups excluding carboxylic acids is 1. The molecule has 21 heavy (non-hydrogen) atoms. The van der Waals surface area contributed by atoms with Crippen LogP contribution in [-0.4, -0.2) is 18.6 Å². The molecule has 0 saturated heterocycles. The Kier molecular flexibility index (Phi) is 6.06. The third-order valence-corrected chi connectivity index (χ3v) is 3.44. The summed E-state index contributed by atoms with van der Waals surface area (Å²) in [7, 11) is 1.63. The minimum Gasteiger partial charge on any atom is -0.497 e. The van der Waals surface area contributed by atoms with Gasteiger partial charge in [-0.15, -0.1) is 0 Å². The Labute approximate surface area is 128 Å². The molecule has 0 aliphatic rings. The predicted octanol–water partition coefficient (Wildman–Crippen LogP) is 3.42. The van der Waals surface area contributed by atoms with Crippen molar-refractivity contribution in [3.63, 3.8) is 0 Å². The lowest BCUT2D eigenvalue weighted by molar-refractivity contribution is -0.123. The lowest BCUT2D eigenvalue weighted by Crippen LogP contribution is -2.52. The molecule has 0 fully saturated rings. The number of hydrogen-bond donors (Lipinski definition) is 2. The normalized spacial score (nSPS) is 11.8. The molecule has 0 spiro atoms. The van der Waals surface area contributed by atoms with Crippen molar-refractivity contribution in [1.82, 2.24) is 0 Å². The minimum absolute atomic E-state index is 0.298. The van der Waals surface area contributed by atoms with Crippen LogP contribution in [0.1, 0.15) is 40.5 Å². The van der Waals surface area contributed by atoms with Gasteiger partial charge in [0, 0.05) is 11.8 Å². The SMILES string of the molecule is COc1cccc(NC(CC(C)C)(CC(C)C)C(N)=O)c1. The Bertz CT molecular complexity index is 460. The molecular weight excluding hydrogens is 264 g/mol. The van der Waals surface area contributed by atoms with Crippen molar-refractivity contribution >= 4 is 11.6 Å². The average Bonchev–Trinajstić information content (AvgIpc) is 2.37. The van der Waals surface area contributed by atoms with Gasteiger partial charge in [-0.25, -0.2) is 0 Å². The molecule has 4 heteroatoms. The van der Waals surface area contributed by atoms with Gasteiger partial charge in [0.05, 0.1) is 7.11 Å². The van der Waals surface area contributed by atoms with Gasteiger partial charge >= 0.3 is 0 Å². The zero-order chi connectivity index (χ0) is 16.0. The second-order valence-electron chi connectivity index (χ2n) is 6.50. The van der Waals surface area contributed by atoms with E-state index in [0.717, 1.165) is 11.4 Å². The maximum absolute atomic E-state index is 12.2. The van der Waals surface area contributed by atoms with Crippen molar-refractivity contribution in [3.05, 3.63) is 24.3 Å². The van der Waals surface area contributed by atoms with Crippen LogP contribution < -0.4 is 15.8 Å². The van der Waals surface area contributed by atoms with Crippen LogP contribution in [0, 0.1) is 11.8 Å². The van der Waals surface area contributed by atoms with Gasteiger partial charge in [-0.2, -0.15) is 0 Å². The molecule has 0 aliphatic carbocycles. The predicted molar refractivity (Wildman–Crippen MR) is 87.5 cm³/mol. The molecule has 1 amide bonds. The van der Waals surface area contributed by atoms with Gasteiger partial charge in [-0.1, -0.05) is 33.8 Å². The van der Waals surface area contributed by atoms with E-state index < -0.39 is 5.54 Å². The first kappa shape index (κ1) is 17.3. The van der Waals surface area contributed by atoms with Crippen LogP contribution in [0.5, 0.6) is 5.75 Å². The largest absolute Gasteiger partial charge is 0.497 e. The van der Waals surface area contributed by atoms with Gasteiger partial charge in [0.1, 0.15) is 11.3 Å². The highest BCUT2D eigenvalue weighted by molar-refractivity contribution is 5.88. The van der Waals surface area contributed by atoms with Crippen molar-refractivity contribution < 1.29 is 9.53 Å². The van der Waals surface area contributed by atoms with Crippen molar-refractivity contribution in [3.8, 4) is 5.75 Å². The molecular formula is C17H28N2O2. The summed E-state index contributed by atoms with van der Waals surface area (Å²) < 4.78 is 5.24. The number of ether oxygens (including phenoxy) is 1. The molecule has 4 nitrogen and oxygen atoms in total. The number of hydrogen-bond acceptors (Lipinski definition) is 3. The Morgan fingerprint density at radius 1 is 1.24 bits per heavy atom. The average molecular weight is 292 g/mol. The fourth-order valence-electron chi connectivity index (χ4n) is 2.82. The molecule has 1 rings (SSSR count). The second kappa shape index (κ2) is 7.34. The zero-order valence-corrected chi connectivity index (χ0v) is 13.8. The van der Waals surface area contributed by atoms with E-state index >= 15 is 0 Å². The Hall–Kier alpha value is -1.71. The van der Waals surface area contributed by atoms with E-state index in [4.69, 9.17) is 10.5 Å². The molecule has 0 unspecified atom stereocenters. The first-order valence-corrected chi connectivity index (χ1v) is 7.51. The van der Waals surface area contributed by atoms with Gasteiger partial charge in [-0.3, -0.25) is 4.79 Å². The highest BCUT2D eigenvalue weighted by Gasteiger charge is 2.37. The van der Waals surface area contributed by atoms with E-state index in [2.05, 4.69) is 33.0 Å². The maximum Gasteiger partial charge on any atom is 0.243 e. The summed E-state index contributed by atoms with van der Waals surface area (Å²) in [5.41, 5.74) is 5.88. The van der Waals surface area contributed by atoms with Crippen LogP contribution in [0.4, 0.5) is 5.69 Å². The van der Waals surface area contributed by atoms with Crippen LogP contribution in [0.15, 0.2) is 24.3 Å². The third kappa shape index (κ3) is 4.96. The highest BCUT2D eigenvalue weighted by Crippen LogP contribution is 2.30. The molecule has 0 bridgehead atoms. The Morgan fingerprint density at radius 2 is 1.81 bits per heavy atom. The van der Waals surface area contributed by atoms with Gasteiger partial charge in [0.15, 0.2) is 0 Å². The van der Waals surface area contributed by atoms with Crippen LogP contribution in [0.3, 0.4) is 0 Å². The molecule has 0 heterocycles. The first-order chi connectivity index (χ1) is 9.79. The lowest BCUT2D eigenvalue weighted by atomic mass is 9.81. The van der Waals surface area contributed by atoms with E-state index in [1.807, 2.05) is 24.3 Å². The standard InChI is InChI=1S/C17H28N2O2/c1-12(2)10-17(16(18)20,11-13(3)4)19-14-7-6-8-15(9-14)21-5/h6-9,12-13,19H,10-11H2,1-5H3,(H2,18,20). The summed E-state index contributed by atoms with van der Waals surface area (Å²) in [6.07, 6.45) is 1.41. The molecule has 1 aromatic carbocycles. The zero-order valence-electron chi connectivity index (χ0n) is 13.8. The van der Waals surface area contributed by atoms with E-state index in [-0.39, 0.29) is 5.91 Å². The topological polar surface area (TPSA) is 64.3 Å². The quantitative estimate of drug-likeness (QED) is 0.771. The van der Waals surface area contributed by atoms with E-state index in [1.165, 1.54) is 0 Å². The van der Waals surface area contributed by atoms with Gasteiger partial charge in [0.25, 0.3) is 0 Å². The lowest BCUT2D eigenvalue weighted by Gasteiger charge is -2.36. The molecule has 3 N–H and O–H groups in total. The van der Waals surface area contributed by atoms with E-state index in [1.54, 1.807) is 7.11 Å². The van der Waals surface area contributed by atoms with E-state index in [9.17, 15) is 4.79 Å². The smallest absolute Gasteiger partial charge is 0.243 e. The third-order valence-electron chi connectivity index (χ3n) is 3.44. The molecule has 118 valence electrons. The van der Waals surface area contributed by atoms with Gasteiger partial charge in [-0.05, 0) is 36.8 Å². The Balaban J connectivity index is 3.11. The molecule has 0 aromatic heterocycles. The summed E-state index contributed by atoms with van der Waals surface area (Å²) in [5, 5.41) is 3.37. The monoisotopic (exact) mass is 292 g/mol. The highest BCUT2D eigenvalue weighted by atomic mass is 16.5. The van der Waals surface area contributed by atoms with Crippen molar-refractivity contribution in [2.24, 2.45) is 17.6 Å². The van der Waals surface area contributed by atoms with Crippen LogP contribution in [0.25, 0.3) is 0 Å². The van der Waals surface area contributed by atoms with Crippen LogP contribution in [0.2, 0.25) is 0 Å². The molecule has 0 radical (unpaired) electrons. The summed E-state index contributed by atoms with van der Waals surface area (Å²) >= 11 is 0. The molecule has 1 aromatic rings. The first-order valence-electron chi connectivity index (χ1n) is 7.51. The summed E-state index contributed by atoms with van der Waals surface area (Å²) in [4.78, 5) is 12.2. The number of amides is 1. The summed E-state index contributed by atoms with van der Waals surface area (Å²) in [5.74, 6) is 1.20. The number of benzene rings is 1. The molecule has 0 saturated carbocycles. The fourth-order valence-corrected chi connectivity index (χ4v) is 2.82. The van der Waals surface area contributed by atoms with Crippen molar-refractivity contribution in [2.45, 2.75) is 46.1 Å². The number of anilines is 1. The van der Waals surface area contributed by atoms with Crippen molar-refractivity contribution in [1.29, 1.82) is 0 Å². The maximum atomic E-state index is 12.2.